The molecule has 0 bridgehead atoms. The lowest BCUT2D eigenvalue weighted by Gasteiger charge is -2.22. The standard InChI is InChI=1S/C14H22N2O2S/c1-9-11(12(17)18)5-6-16(9)7-10-8-19-13(15-10)14(2,3)4/h8-9,11H,5-7H2,1-4H3,(H,17,18). The Morgan fingerprint density at radius 1 is 1.58 bits per heavy atom. The number of aromatic nitrogens is 1. The van der Waals surface area contributed by atoms with Crippen molar-refractivity contribution in [3.63, 3.8) is 0 Å². The van der Waals surface area contributed by atoms with Gasteiger partial charge in [0.2, 0.25) is 0 Å². The second-order valence-corrected chi connectivity index (χ2v) is 7.20. The maximum absolute atomic E-state index is 11.1. The zero-order valence-corrected chi connectivity index (χ0v) is 12.8. The Labute approximate surface area is 118 Å². The maximum Gasteiger partial charge on any atom is 0.308 e. The van der Waals surface area contributed by atoms with Crippen LogP contribution in [-0.2, 0) is 16.8 Å². The molecule has 0 saturated carbocycles. The third-order valence-electron chi connectivity index (χ3n) is 3.76. The number of likely N-dealkylation sites (tertiary alicyclic amines) is 1. The molecule has 0 spiro atoms. The molecule has 2 rings (SSSR count). The van der Waals surface area contributed by atoms with Gasteiger partial charge in [-0.1, -0.05) is 20.8 Å². The first-order chi connectivity index (χ1) is 8.79. The van der Waals surface area contributed by atoms with E-state index in [9.17, 15) is 4.79 Å². The Hall–Kier alpha value is -0.940. The largest absolute Gasteiger partial charge is 0.481 e. The second-order valence-electron chi connectivity index (χ2n) is 6.34. The lowest BCUT2D eigenvalue weighted by molar-refractivity contribution is -0.142. The molecule has 1 saturated heterocycles. The lowest BCUT2D eigenvalue weighted by atomic mass is 9.98. The quantitative estimate of drug-likeness (QED) is 0.926. The zero-order valence-electron chi connectivity index (χ0n) is 12.0. The molecule has 5 heteroatoms. The fourth-order valence-corrected chi connectivity index (χ4v) is 3.39. The van der Waals surface area contributed by atoms with Crippen LogP contribution in [0.15, 0.2) is 5.38 Å². The number of carboxylic acids is 1. The SMILES string of the molecule is CC1C(C(=O)O)CCN1Cc1csc(C(C)(C)C)n1. The van der Waals surface area contributed by atoms with Gasteiger partial charge in [0.1, 0.15) is 0 Å². The van der Waals surface area contributed by atoms with Crippen molar-refractivity contribution in [2.24, 2.45) is 5.92 Å². The molecule has 2 atom stereocenters. The summed E-state index contributed by atoms with van der Waals surface area (Å²) in [6.07, 6.45) is 0.743. The molecule has 1 aliphatic rings. The van der Waals surface area contributed by atoms with Gasteiger partial charge < -0.3 is 5.11 Å². The average molecular weight is 282 g/mol. The molecule has 1 aromatic heterocycles. The topological polar surface area (TPSA) is 53.4 Å². The Morgan fingerprint density at radius 2 is 2.26 bits per heavy atom. The van der Waals surface area contributed by atoms with E-state index in [0.717, 1.165) is 30.2 Å². The first-order valence-corrected chi connectivity index (χ1v) is 7.58. The number of carboxylic acid groups (broad SMARTS) is 1. The second kappa shape index (κ2) is 5.21. The van der Waals surface area contributed by atoms with Crippen molar-refractivity contribution >= 4 is 17.3 Å². The summed E-state index contributed by atoms with van der Waals surface area (Å²) in [4.78, 5) is 18.0. The summed E-state index contributed by atoms with van der Waals surface area (Å²) < 4.78 is 0. The van der Waals surface area contributed by atoms with Crippen LogP contribution in [-0.4, -0.2) is 33.5 Å². The highest BCUT2D eigenvalue weighted by Crippen LogP contribution is 2.29. The van der Waals surface area contributed by atoms with E-state index in [4.69, 9.17) is 5.11 Å². The van der Waals surface area contributed by atoms with Crippen molar-refractivity contribution in [1.29, 1.82) is 0 Å². The monoisotopic (exact) mass is 282 g/mol. The number of thiazole rings is 1. The Bertz CT molecular complexity index is 464. The Morgan fingerprint density at radius 3 is 2.74 bits per heavy atom. The van der Waals surface area contributed by atoms with Crippen molar-refractivity contribution in [2.45, 2.75) is 52.1 Å². The predicted molar refractivity (Wildman–Crippen MR) is 76.4 cm³/mol. The molecule has 0 aliphatic carbocycles. The van der Waals surface area contributed by atoms with Crippen LogP contribution in [0.3, 0.4) is 0 Å². The van der Waals surface area contributed by atoms with E-state index >= 15 is 0 Å². The van der Waals surface area contributed by atoms with Crippen molar-refractivity contribution in [3.05, 3.63) is 16.1 Å². The van der Waals surface area contributed by atoms with Gasteiger partial charge in [-0.2, -0.15) is 0 Å². The Balaban J connectivity index is 2.03. The third kappa shape index (κ3) is 3.15. The van der Waals surface area contributed by atoms with Crippen LogP contribution in [0.1, 0.15) is 44.8 Å². The normalized spacial score (nSPS) is 24.8. The average Bonchev–Trinajstić information content (AvgIpc) is 2.87. The van der Waals surface area contributed by atoms with Crippen molar-refractivity contribution < 1.29 is 9.90 Å². The van der Waals surface area contributed by atoms with Crippen LogP contribution in [0.25, 0.3) is 0 Å². The molecular formula is C14H22N2O2S. The first-order valence-electron chi connectivity index (χ1n) is 6.71. The summed E-state index contributed by atoms with van der Waals surface area (Å²) >= 11 is 1.69. The smallest absolute Gasteiger partial charge is 0.308 e. The zero-order chi connectivity index (χ0) is 14.2. The van der Waals surface area contributed by atoms with Crippen molar-refractivity contribution in [3.8, 4) is 0 Å². The molecule has 0 aromatic carbocycles. The van der Waals surface area contributed by atoms with Gasteiger partial charge in [0.15, 0.2) is 0 Å². The molecule has 2 heterocycles. The van der Waals surface area contributed by atoms with Crippen molar-refractivity contribution in [2.75, 3.05) is 6.54 Å². The summed E-state index contributed by atoms with van der Waals surface area (Å²) in [5.74, 6) is -0.913. The summed E-state index contributed by atoms with van der Waals surface area (Å²) in [6, 6.07) is 0.0947. The molecule has 19 heavy (non-hydrogen) atoms. The highest BCUT2D eigenvalue weighted by Gasteiger charge is 2.35. The van der Waals surface area contributed by atoms with Gasteiger partial charge in [0, 0.05) is 23.4 Å². The fourth-order valence-electron chi connectivity index (χ4n) is 2.49. The summed E-state index contributed by atoms with van der Waals surface area (Å²) in [5.41, 5.74) is 1.15. The van der Waals surface area contributed by atoms with Gasteiger partial charge in [0.25, 0.3) is 0 Å². The minimum absolute atomic E-state index is 0.0865. The van der Waals surface area contributed by atoms with Gasteiger partial charge >= 0.3 is 5.97 Å². The summed E-state index contributed by atoms with van der Waals surface area (Å²) in [6.45, 7) is 10.1. The predicted octanol–water partition coefficient (Wildman–Crippen LogP) is 2.74. The van der Waals surface area contributed by atoms with E-state index < -0.39 is 5.97 Å². The molecule has 2 unspecified atom stereocenters. The summed E-state index contributed by atoms with van der Waals surface area (Å²) in [7, 11) is 0. The van der Waals surface area contributed by atoms with Crippen LogP contribution in [0, 0.1) is 5.92 Å². The molecule has 1 aliphatic heterocycles. The van der Waals surface area contributed by atoms with E-state index in [1.807, 2.05) is 6.92 Å². The molecule has 1 N–H and O–H groups in total. The van der Waals surface area contributed by atoms with Crippen LogP contribution < -0.4 is 0 Å². The van der Waals surface area contributed by atoms with Crippen molar-refractivity contribution in [1.82, 2.24) is 9.88 Å². The Kier molecular flexibility index (Phi) is 3.97. The number of hydrogen-bond donors (Lipinski definition) is 1. The van der Waals surface area contributed by atoms with Crippen LogP contribution in [0.5, 0.6) is 0 Å². The third-order valence-corrected chi connectivity index (χ3v) is 5.08. The highest BCUT2D eigenvalue weighted by molar-refractivity contribution is 7.09. The van der Waals surface area contributed by atoms with E-state index in [1.54, 1.807) is 11.3 Å². The maximum atomic E-state index is 11.1. The van der Waals surface area contributed by atoms with E-state index in [1.165, 1.54) is 0 Å². The molecule has 106 valence electrons. The number of aliphatic carboxylic acids is 1. The highest BCUT2D eigenvalue weighted by atomic mass is 32.1. The molecule has 0 amide bonds. The minimum atomic E-state index is -0.677. The van der Waals surface area contributed by atoms with Gasteiger partial charge in [-0.3, -0.25) is 9.69 Å². The number of rotatable bonds is 3. The molecule has 1 aromatic rings. The van der Waals surface area contributed by atoms with Gasteiger partial charge in [-0.15, -0.1) is 11.3 Å². The molecular weight excluding hydrogens is 260 g/mol. The van der Waals surface area contributed by atoms with Gasteiger partial charge in [0.05, 0.1) is 16.6 Å². The number of hydrogen-bond acceptors (Lipinski definition) is 4. The van der Waals surface area contributed by atoms with Crippen LogP contribution >= 0.6 is 11.3 Å². The number of carbonyl (C=O) groups is 1. The van der Waals surface area contributed by atoms with E-state index in [2.05, 4.69) is 36.0 Å². The van der Waals surface area contributed by atoms with E-state index in [0.29, 0.717) is 0 Å². The minimum Gasteiger partial charge on any atom is -0.481 e. The molecule has 0 radical (unpaired) electrons. The molecule has 4 nitrogen and oxygen atoms in total. The van der Waals surface area contributed by atoms with Gasteiger partial charge in [-0.05, 0) is 19.9 Å². The van der Waals surface area contributed by atoms with Crippen LogP contribution in [0.2, 0.25) is 0 Å². The fraction of sp³-hybridized carbons (Fsp3) is 0.714. The molecule has 1 fully saturated rings. The van der Waals surface area contributed by atoms with Gasteiger partial charge in [-0.25, -0.2) is 4.98 Å². The van der Waals surface area contributed by atoms with Crippen LogP contribution in [0.4, 0.5) is 0 Å². The lowest BCUT2D eigenvalue weighted by Crippen LogP contribution is -2.32. The summed E-state index contributed by atoms with van der Waals surface area (Å²) in [5, 5.41) is 12.4. The van der Waals surface area contributed by atoms with E-state index in [-0.39, 0.29) is 17.4 Å². The first kappa shape index (κ1) is 14.5. The number of nitrogens with zero attached hydrogens (tertiary/aromatic N) is 2.